The van der Waals surface area contributed by atoms with E-state index in [0.29, 0.717) is 11.3 Å². The van der Waals surface area contributed by atoms with Crippen LogP contribution in [0.3, 0.4) is 0 Å². The van der Waals surface area contributed by atoms with Crippen molar-refractivity contribution in [2.75, 3.05) is 0 Å². The van der Waals surface area contributed by atoms with Crippen molar-refractivity contribution in [1.82, 2.24) is 10.9 Å². The number of carbonyl (C=O) groups is 2. The first-order valence-electron chi connectivity index (χ1n) is 7.42. The van der Waals surface area contributed by atoms with Crippen molar-refractivity contribution in [2.45, 2.75) is 13.0 Å². The Morgan fingerprint density at radius 3 is 2.50 bits per heavy atom. The van der Waals surface area contributed by atoms with Gasteiger partial charge in [-0.15, -0.1) is 0 Å². The van der Waals surface area contributed by atoms with Gasteiger partial charge in [-0.25, -0.2) is 0 Å². The van der Waals surface area contributed by atoms with E-state index in [1.165, 1.54) is 25.1 Å². The van der Waals surface area contributed by atoms with Gasteiger partial charge in [0.1, 0.15) is 5.75 Å². The highest BCUT2D eigenvalue weighted by Crippen LogP contribution is 2.14. The number of benzene rings is 2. The molecule has 1 atom stereocenters. The standard InChI is InChI=1S/C17H14N4O5/c1-11(26-15-7-5-12(10-18)6-8-15)16(22)19-20-17(23)13-3-2-4-14(9-13)21(24)25/h2-9,11H,1H3,(H,19,22)(H,20,23). The smallest absolute Gasteiger partial charge is 0.279 e. The topological polar surface area (TPSA) is 134 Å². The lowest BCUT2D eigenvalue weighted by Crippen LogP contribution is -2.47. The van der Waals surface area contributed by atoms with Gasteiger partial charge >= 0.3 is 0 Å². The zero-order chi connectivity index (χ0) is 19.1. The van der Waals surface area contributed by atoms with E-state index in [1.54, 1.807) is 24.3 Å². The van der Waals surface area contributed by atoms with Crippen LogP contribution in [-0.4, -0.2) is 22.8 Å². The van der Waals surface area contributed by atoms with Gasteiger partial charge in [0.05, 0.1) is 16.6 Å². The Kier molecular flexibility index (Phi) is 5.84. The fourth-order valence-corrected chi connectivity index (χ4v) is 1.92. The Morgan fingerprint density at radius 1 is 1.19 bits per heavy atom. The van der Waals surface area contributed by atoms with Crippen molar-refractivity contribution < 1.29 is 19.2 Å². The molecule has 0 heterocycles. The molecular formula is C17H14N4O5. The van der Waals surface area contributed by atoms with E-state index < -0.39 is 22.8 Å². The summed E-state index contributed by atoms with van der Waals surface area (Å²) in [6.07, 6.45) is -0.923. The summed E-state index contributed by atoms with van der Waals surface area (Å²) in [5.74, 6) is -0.933. The van der Waals surface area contributed by atoms with E-state index in [0.717, 1.165) is 6.07 Å². The number of nitrogens with one attached hydrogen (secondary N) is 2. The van der Waals surface area contributed by atoms with Crippen LogP contribution in [0.15, 0.2) is 48.5 Å². The molecule has 1 unspecified atom stereocenters. The predicted octanol–water partition coefficient (Wildman–Crippen LogP) is 1.69. The lowest BCUT2D eigenvalue weighted by Gasteiger charge is -2.15. The maximum absolute atomic E-state index is 12.0. The second kappa shape index (κ2) is 8.25. The maximum atomic E-state index is 12.0. The first-order valence-corrected chi connectivity index (χ1v) is 7.42. The summed E-state index contributed by atoms with van der Waals surface area (Å²) in [4.78, 5) is 34.0. The molecule has 2 rings (SSSR count). The minimum absolute atomic E-state index is 0.0279. The molecule has 0 aromatic heterocycles. The highest BCUT2D eigenvalue weighted by molar-refractivity contribution is 5.96. The maximum Gasteiger partial charge on any atom is 0.279 e. The van der Waals surface area contributed by atoms with Gasteiger partial charge in [0.25, 0.3) is 17.5 Å². The Bertz CT molecular complexity index is 873. The number of nitriles is 1. The number of nitro benzene ring substituents is 1. The number of rotatable bonds is 5. The van der Waals surface area contributed by atoms with Gasteiger partial charge in [0.2, 0.25) is 0 Å². The second-order valence-electron chi connectivity index (χ2n) is 5.15. The number of ether oxygens (including phenoxy) is 1. The number of nitrogens with zero attached hydrogens (tertiary/aromatic N) is 2. The van der Waals surface area contributed by atoms with E-state index >= 15 is 0 Å². The molecule has 26 heavy (non-hydrogen) atoms. The zero-order valence-corrected chi connectivity index (χ0v) is 13.6. The first-order chi connectivity index (χ1) is 12.4. The van der Waals surface area contributed by atoms with Crippen molar-refractivity contribution in [1.29, 1.82) is 5.26 Å². The van der Waals surface area contributed by atoms with Crippen molar-refractivity contribution in [3.63, 3.8) is 0 Å². The fraction of sp³-hybridized carbons (Fsp3) is 0.118. The van der Waals surface area contributed by atoms with Crippen LogP contribution in [0, 0.1) is 21.4 Å². The van der Waals surface area contributed by atoms with Gasteiger partial charge in [-0.1, -0.05) is 6.07 Å². The lowest BCUT2D eigenvalue weighted by atomic mass is 10.2. The number of hydrazine groups is 1. The van der Waals surface area contributed by atoms with Crippen LogP contribution in [0.4, 0.5) is 5.69 Å². The summed E-state index contributed by atoms with van der Waals surface area (Å²) < 4.78 is 5.40. The SMILES string of the molecule is CC(Oc1ccc(C#N)cc1)C(=O)NNC(=O)c1cccc([N+](=O)[O-])c1. The van der Waals surface area contributed by atoms with Gasteiger partial charge in [-0.2, -0.15) is 5.26 Å². The summed E-state index contributed by atoms with van der Waals surface area (Å²) in [6.45, 7) is 1.48. The number of carbonyl (C=O) groups excluding carboxylic acids is 2. The molecule has 0 saturated heterocycles. The predicted molar refractivity (Wildman–Crippen MR) is 90.0 cm³/mol. The molecule has 0 radical (unpaired) electrons. The molecule has 2 aromatic rings. The molecule has 0 fully saturated rings. The van der Waals surface area contributed by atoms with Crippen LogP contribution in [0.2, 0.25) is 0 Å². The molecule has 0 aliphatic carbocycles. The molecule has 0 aliphatic rings. The molecule has 9 heteroatoms. The Morgan fingerprint density at radius 2 is 1.88 bits per heavy atom. The van der Waals surface area contributed by atoms with Crippen molar-refractivity contribution >= 4 is 17.5 Å². The largest absolute Gasteiger partial charge is 0.481 e. The van der Waals surface area contributed by atoms with Crippen LogP contribution in [0.25, 0.3) is 0 Å². The molecule has 0 aliphatic heterocycles. The van der Waals surface area contributed by atoms with Gasteiger partial charge < -0.3 is 4.74 Å². The van der Waals surface area contributed by atoms with E-state index in [-0.39, 0.29) is 11.3 Å². The minimum atomic E-state index is -0.923. The number of nitro groups is 1. The normalized spacial score (nSPS) is 10.9. The monoisotopic (exact) mass is 354 g/mol. The van der Waals surface area contributed by atoms with Gasteiger partial charge in [-0.05, 0) is 37.3 Å². The second-order valence-corrected chi connectivity index (χ2v) is 5.15. The van der Waals surface area contributed by atoms with E-state index in [1.807, 2.05) is 6.07 Å². The Labute approximate surface area is 148 Å². The molecule has 0 bridgehead atoms. The third-order valence-corrected chi connectivity index (χ3v) is 3.28. The zero-order valence-electron chi connectivity index (χ0n) is 13.6. The number of amides is 2. The molecular weight excluding hydrogens is 340 g/mol. The third kappa shape index (κ3) is 4.78. The van der Waals surface area contributed by atoms with Crippen molar-refractivity contribution in [3.05, 3.63) is 69.8 Å². The van der Waals surface area contributed by atoms with Crippen LogP contribution < -0.4 is 15.6 Å². The minimum Gasteiger partial charge on any atom is -0.481 e. The van der Waals surface area contributed by atoms with E-state index in [4.69, 9.17) is 10.00 Å². The lowest BCUT2D eigenvalue weighted by molar-refractivity contribution is -0.384. The Hall–Kier alpha value is -3.93. The molecule has 2 aromatic carbocycles. The third-order valence-electron chi connectivity index (χ3n) is 3.28. The Balaban J connectivity index is 1.90. The van der Waals surface area contributed by atoms with Gasteiger partial charge in [0.15, 0.2) is 6.10 Å². The molecule has 132 valence electrons. The average Bonchev–Trinajstić information content (AvgIpc) is 2.66. The first kappa shape index (κ1) is 18.4. The van der Waals surface area contributed by atoms with Gasteiger partial charge in [0, 0.05) is 17.7 Å². The quantitative estimate of drug-likeness (QED) is 0.620. The molecule has 2 N–H and O–H groups in total. The number of hydrogen-bond donors (Lipinski definition) is 2. The fourth-order valence-electron chi connectivity index (χ4n) is 1.92. The molecule has 0 saturated carbocycles. The van der Waals surface area contributed by atoms with Crippen molar-refractivity contribution in [3.8, 4) is 11.8 Å². The summed E-state index contributed by atoms with van der Waals surface area (Å²) in [6, 6.07) is 13.2. The molecule has 0 spiro atoms. The van der Waals surface area contributed by atoms with Crippen LogP contribution >= 0.6 is 0 Å². The van der Waals surface area contributed by atoms with Crippen LogP contribution in [-0.2, 0) is 4.79 Å². The highest BCUT2D eigenvalue weighted by atomic mass is 16.6. The summed E-state index contributed by atoms with van der Waals surface area (Å²) >= 11 is 0. The summed E-state index contributed by atoms with van der Waals surface area (Å²) in [5, 5.41) is 19.4. The van der Waals surface area contributed by atoms with Crippen LogP contribution in [0.1, 0.15) is 22.8 Å². The van der Waals surface area contributed by atoms with E-state index in [2.05, 4.69) is 10.9 Å². The number of non-ortho nitro benzene ring substituents is 1. The van der Waals surface area contributed by atoms with Gasteiger partial charge in [-0.3, -0.25) is 30.6 Å². The average molecular weight is 354 g/mol. The van der Waals surface area contributed by atoms with E-state index in [9.17, 15) is 19.7 Å². The van der Waals surface area contributed by atoms with Crippen molar-refractivity contribution in [2.24, 2.45) is 0 Å². The summed E-state index contributed by atoms with van der Waals surface area (Å²) in [7, 11) is 0. The molecule has 2 amide bonds. The number of hydrogen-bond acceptors (Lipinski definition) is 6. The highest BCUT2D eigenvalue weighted by Gasteiger charge is 2.17. The summed E-state index contributed by atoms with van der Waals surface area (Å²) in [5.41, 5.74) is 4.60. The van der Waals surface area contributed by atoms with Crippen LogP contribution in [0.5, 0.6) is 5.75 Å². The molecule has 9 nitrogen and oxygen atoms in total.